The molecule has 0 atom stereocenters. The van der Waals surface area contributed by atoms with Crippen molar-refractivity contribution in [2.75, 3.05) is 26.7 Å². The summed E-state index contributed by atoms with van der Waals surface area (Å²) in [6.45, 7) is 11.7. The van der Waals surface area contributed by atoms with E-state index < -0.39 is 0 Å². The SMILES string of the molecule is C=C/C(C)=C\C=C\N1CCC(N(C)CCCC)CC1. The summed E-state index contributed by atoms with van der Waals surface area (Å²) >= 11 is 0. The lowest BCUT2D eigenvalue weighted by Gasteiger charge is -2.36. The van der Waals surface area contributed by atoms with Crippen LogP contribution >= 0.6 is 0 Å². The minimum absolute atomic E-state index is 0.779. The molecule has 2 nitrogen and oxygen atoms in total. The summed E-state index contributed by atoms with van der Waals surface area (Å²) in [6, 6.07) is 0.779. The highest BCUT2D eigenvalue weighted by molar-refractivity contribution is 5.19. The average Bonchev–Trinajstić information content (AvgIpc) is 2.45. The normalized spacial score (nSPS) is 18.5. The molecule has 0 radical (unpaired) electrons. The largest absolute Gasteiger partial charge is 0.377 e. The van der Waals surface area contributed by atoms with E-state index >= 15 is 0 Å². The van der Waals surface area contributed by atoms with E-state index in [4.69, 9.17) is 0 Å². The summed E-state index contributed by atoms with van der Waals surface area (Å²) in [7, 11) is 2.28. The minimum atomic E-state index is 0.779. The van der Waals surface area contributed by atoms with E-state index in [9.17, 15) is 0 Å². The molecule has 1 aliphatic heterocycles. The Morgan fingerprint density at radius 2 is 2.05 bits per heavy atom. The summed E-state index contributed by atoms with van der Waals surface area (Å²) in [5.41, 5.74) is 1.21. The maximum atomic E-state index is 3.76. The van der Waals surface area contributed by atoms with Crippen LogP contribution in [0.3, 0.4) is 0 Å². The maximum absolute atomic E-state index is 3.76. The first-order chi connectivity index (χ1) is 9.17. The Kier molecular flexibility index (Phi) is 7.57. The molecular formula is C17H30N2. The first kappa shape index (κ1) is 16.0. The van der Waals surface area contributed by atoms with Gasteiger partial charge in [0, 0.05) is 19.1 Å². The van der Waals surface area contributed by atoms with Gasteiger partial charge in [-0.3, -0.25) is 0 Å². The van der Waals surface area contributed by atoms with E-state index in [-0.39, 0.29) is 0 Å². The second-order valence-electron chi connectivity index (χ2n) is 5.56. The lowest BCUT2D eigenvalue weighted by Crippen LogP contribution is -2.41. The van der Waals surface area contributed by atoms with Crippen molar-refractivity contribution in [1.29, 1.82) is 0 Å². The standard InChI is InChI=1S/C17H30N2/c1-5-7-12-18(4)17-10-14-19(15-11-17)13-8-9-16(3)6-2/h6,8-9,13,17H,2,5,7,10-12,14-15H2,1,3-4H3/b13-8+,16-9-. The molecule has 1 fully saturated rings. The van der Waals surface area contributed by atoms with Crippen molar-refractivity contribution in [3.8, 4) is 0 Å². The van der Waals surface area contributed by atoms with E-state index in [0.717, 1.165) is 6.04 Å². The molecule has 0 unspecified atom stereocenters. The zero-order valence-corrected chi connectivity index (χ0v) is 12.9. The summed E-state index contributed by atoms with van der Waals surface area (Å²) in [5.74, 6) is 0. The van der Waals surface area contributed by atoms with E-state index in [1.165, 1.54) is 50.9 Å². The quantitative estimate of drug-likeness (QED) is 0.643. The molecule has 0 N–H and O–H groups in total. The molecule has 0 aromatic rings. The van der Waals surface area contributed by atoms with E-state index in [1.54, 1.807) is 0 Å². The van der Waals surface area contributed by atoms with Crippen LogP contribution in [-0.2, 0) is 0 Å². The molecule has 19 heavy (non-hydrogen) atoms. The number of rotatable bonds is 7. The fraction of sp³-hybridized carbons (Fsp3) is 0.647. The van der Waals surface area contributed by atoms with Crippen LogP contribution in [0.1, 0.15) is 39.5 Å². The monoisotopic (exact) mass is 262 g/mol. The van der Waals surface area contributed by atoms with Crippen molar-refractivity contribution in [3.63, 3.8) is 0 Å². The highest BCUT2D eigenvalue weighted by Gasteiger charge is 2.20. The third-order valence-electron chi connectivity index (χ3n) is 3.96. The molecule has 0 spiro atoms. The van der Waals surface area contributed by atoms with Crippen LogP contribution in [0.5, 0.6) is 0 Å². The van der Waals surface area contributed by atoms with Crippen LogP contribution in [0, 0.1) is 0 Å². The molecule has 0 amide bonds. The predicted molar refractivity (Wildman–Crippen MR) is 85.2 cm³/mol. The topological polar surface area (TPSA) is 6.48 Å². The van der Waals surface area contributed by atoms with Gasteiger partial charge in [-0.25, -0.2) is 0 Å². The summed E-state index contributed by atoms with van der Waals surface area (Å²) in [4.78, 5) is 4.98. The first-order valence-corrected chi connectivity index (χ1v) is 7.59. The van der Waals surface area contributed by atoms with Gasteiger partial charge in [0.25, 0.3) is 0 Å². The lowest BCUT2D eigenvalue weighted by molar-refractivity contribution is 0.153. The van der Waals surface area contributed by atoms with Gasteiger partial charge in [-0.1, -0.05) is 37.6 Å². The van der Waals surface area contributed by atoms with Crippen molar-refractivity contribution < 1.29 is 0 Å². The molecule has 0 aromatic carbocycles. The maximum Gasteiger partial charge on any atom is 0.0187 e. The average molecular weight is 262 g/mol. The fourth-order valence-corrected chi connectivity index (χ4v) is 2.45. The zero-order chi connectivity index (χ0) is 14.1. The molecule has 1 saturated heterocycles. The molecule has 1 heterocycles. The molecule has 108 valence electrons. The van der Waals surface area contributed by atoms with Crippen LogP contribution in [0.25, 0.3) is 0 Å². The second kappa shape index (κ2) is 8.98. The highest BCUT2D eigenvalue weighted by Crippen LogP contribution is 2.16. The van der Waals surface area contributed by atoms with Gasteiger partial charge in [0.15, 0.2) is 0 Å². The van der Waals surface area contributed by atoms with E-state index in [0.29, 0.717) is 0 Å². The third kappa shape index (κ3) is 6.11. The summed E-state index contributed by atoms with van der Waals surface area (Å²) in [5, 5.41) is 0. The van der Waals surface area contributed by atoms with Crippen LogP contribution in [0.15, 0.2) is 36.6 Å². The van der Waals surface area contributed by atoms with Gasteiger partial charge in [0.05, 0.1) is 0 Å². The van der Waals surface area contributed by atoms with Gasteiger partial charge in [-0.15, -0.1) is 0 Å². The Hall–Kier alpha value is -1.02. The molecule has 0 bridgehead atoms. The van der Waals surface area contributed by atoms with Crippen molar-refractivity contribution in [3.05, 3.63) is 36.6 Å². The van der Waals surface area contributed by atoms with E-state index in [2.05, 4.69) is 55.6 Å². The Balaban J connectivity index is 2.30. The lowest BCUT2D eigenvalue weighted by atomic mass is 10.0. The highest BCUT2D eigenvalue weighted by atomic mass is 15.2. The van der Waals surface area contributed by atoms with Gasteiger partial charge in [0.2, 0.25) is 0 Å². The number of allylic oxidation sites excluding steroid dienone is 4. The Labute approximate surface area is 119 Å². The number of hydrogen-bond donors (Lipinski definition) is 0. The number of piperidine rings is 1. The van der Waals surface area contributed by atoms with Crippen LogP contribution in [0.4, 0.5) is 0 Å². The Morgan fingerprint density at radius 1 is 1.37 bits per heavy atom. The molecule has 1 rings (SSSR count). The van der Waals surface area contributed by atoms with Gasteiger partial charge in [-0.2, -0.15) is 0 Å². The third-order valence-corrected chi connectivity index (χ3v) is 3.96. The second-order valence-corrected chi connectivity index (χ2v) is 5.56. The molecule has 0 aromatic heterocycles. The molecule has 1 aliphatic rings. The molecule has 0 aliphatic carbocycles. The Morgan fingerprint density at radius 3 is 2.63 bits per heavy atom. The van der Waals surface area contributed by atoms with Crippen LogP contribution < -0.4 is 0 Å². The van der Waals surface area contributed by atoms with E-state index in [1.807, 2.05) is 6.08 Å². The smallest absolute Gasteiger partial charge is 0.0187 e. The molecular weight excluding hydrogens is 232 g/mol. The summed E-state index contributed by atoms with van der Waals surface area (Å²) < 4.78 is 0. The molecule has 2 heteroatoms. The number of unbranched alkanes of at least 4 members (excludes halogenated alkanes) is 1. The zero-order valence-electron chi connectivity index (χ0n) is 12.9. The fourth-order valence-electron chi connectivity index (χ4n) is 2.45. The number of likely N-dealkylation sites (tertiary alicyclic amines) is 1. The van der Waals surface area contributed by atoms with Gasteiger partial charge < -0.3 is 9.80 Å². The van der Waals surface area contributed by atoms with Gasteiger partial charge in [0.1, 0.15) is 0 Å². The van der Waals surface area contributed by atoms with Crippen LogP contribution in [0.2, 0.25) is 0 Å². The van der Waals surface area contributed by atoms with Crippen LogP contribution in [-0.4, -0.2) is 42.5 Å². The van der Waals surface area contributed by atoms with Gasteiger partial charge >= 0.3 is 0 Å². The minimum Gasteiger partial charge on any atom is -0.377 e. The predicted octanol–water partition coefficient (Wildman–Crippen LogP) is 3.83. The Bertz CT molecular complexity index is 309. The number of hydrogen-bond acceptors (Lipinski definition) is 2. The summed E-state index contributed by atoms with van der Waals surface area (Å²) in [6.07, 6.45) is 13.5. The molecule has 0 saturated carbocycles. The van der Waals surface area contributed by atoms with Crippen molar-refractivity contribution in [2.24, 2.45) is 0 Å². The van der Waals surface area contributed by atoms with Crippen molar-refractivity contribution in [2.45, 2.75) is 45.6 Å². The first-order valence-electron chi connectivity index (χ1n) is 7.59. The van der Waals surface area contributed by atoms with Gasteiger partial charge in [-0.05, 0) is 52.1 Å². The van der Waals surface area contributed by atoms with Crippen molar-refractivity contribution in [1.82, 2.24) is 9.80 Å². The van der Waals surface area contributed by atoms with Crippen molar-refractivity contribution >= 4 is 0 Å². The number of nitrogens with zero attached hydrogens (tertiary/aromatic N) is 2.